The molecule has 15 heavy (non-hydrogen) atoms. The molecule has 2 rings (SSSR count). The molecule has 6 heteroatoms. The zero-order valence-electron chi connectivity index (χ0n) is 8.16. The number of halogens is 2. The molecule has 1 saturated heterocycles. The van der Waals surface area contributed by atoms with Crippen molar-refractivity contribution in [2.24, 2.45) is 5.92 Å². The van der Waals surface area contributed by atoms with E-state index in [0.717, 1.165) is 30.1 Å². The second-order valence-corrected chi connectivity index (χ2v) is 4.76. The minimum absolute atomic E-state index is 0.163. The van der Waals surface area contributed by atoms with Gasteiger partial charge in [-0.25, -0.2) is 9.21 Å². The van der Waals surface area contributed by atoms with E-state index in [0.29, 0.717) is 4.42 Å². The van der Waals surface area contributed by atoms with Gasteiger partial charge in [-0.15, -0.1) is 0 Å². The molecule has 0 radical (unpaired) electrons. The first kappa shape index (κ1) is 11.0. The topological polar surface area (TPSA) is 40.6 Å². The molecule has 1 heterocycles. The zero-order valence-corrected chi connectivity index (χ0v) is 9.67. The lowest BCUT2D eigenvalue weighted by Crippen LogP contribution is -2.36. The van der Waals surface area contributed by atoms with E-state index in [1.165, 1.54) is 6.42 Å². The van der Waals surface area contributed by atoms with Crippen LogP contribution in [-0.4, -0.2) is 26.8 Å². The molecular weight excluding hydrogens is 239 g/mol. The number of amides is 3. The molecule has 2 fully saturated rings. The van der Waals surface area contributed by atoms with E-state index in [-0.39, 0.29) is 11.8 Å². The Balaban J connectivity index is 2.14. The molecule has 3 amide bonds. The van der Waals surface area contributed by atoms with Gasteiger partial charge < -0.3 is 0 Å². The Morgan fingerprint density at radius 3 is 2.13 bits per heavy atom. The smallest absolute Gasteiger partial charge is 0.271 e. The Labute approximate surface area is 98.3 Å². The van der Waals surface area contributed by atoms with E-state index in [9.17, 15) is 9.59 Å². The molecule has 0 aromatic carbocycles. The fourth-order valence-electron chi connectivity index (χ4n) is 2.35. The van der Waals surface area contributed by atoms with Gasteiger partial charge in [0.15, 0.2) is 0 Å². The van der Waals surface area contributed by atoms with Crippen molar-refractivity contribution in [2.45, 2.75) is 38.1 Å². The molecule has 0 spiro atoms. The summed E-state index contributed by atoms with van der Waals surface area (Å²) < 4.78 is 1.54. The fourth-order valence-corrected chi connectivity index (χ4v) is 2.89. The molecule has 4 nitrogen and oxygen atoms in total. The van der Waals surface area contributed by atoms with Crippen molar-refractivity contribution < 1.29 is 9.59 Å². The number of carbonyl (C=O) groups is 2. The molecule has 1 aliphatic heterocycles. The Kier molecular flexibility index (Phi) is 3.07. The number of nitrogens with zero attached hydrogens (tertiary/aromatic N) is 2. The molecule has 0 aromatic rings. The standard InChI is InChI=1S/C9H12Cl2N2O2/c10-12-7(6-4-2-1-3-5-6)8(14)13(11)9(12)15/h6-7H,1-5H2. The molecule has 1 unspecified atom stereocenters. The van der Waals surface area contributed by atoms with Crippen LogP contribution in [0.15, 0.2) is 0 Å². The Morgan fingerprint density at radius 2 is 1.67 bits per heavy atom. The Bertz CT molecular complexity index is 292. The van der Waals surface area contributed by atoms with Gasteiger partial charge in [-0.3, -0.25) is 4.79 Å². The van der Waals surface area contributed by atoms with Crippen LogP contribution < -0.4 is 0 Å². The maximum absolute atomic E-state index is 11.7. The summed E-state index contributed by atoms with van der Waals surface area (Å²) >= 11 is 11.3. The van der Waals surface area contributed by atoms with Gasteiger partial charge in [-0.1, -0.05) is 19.3 Å². The van der Waals surface area contributed by atoms with Crippen molar-refractivity contribution in [3.63, 3.8) is 0 Å². The highest BCUT2D eigenvalue weighted by atomic mass is 35.5. The van der Waals surface area contributed by atoms with Gasteiger partial charge in [0.2, 0.25) is 0 Å². The third kappa shape index (κ3) is 1.81. The molecule has 1 atom stereocenters. The third-order valence-electron chi connectivity index (χ3n) is 3.14. The second kappa shape index (κ2) is 4.18. The highest BCUT2D eigenvalue weighted by Crippen LogP contribution is 2.35. The number of hydrogen-bond donors (Lipinski definition) is 0. The summed E-state index contributed by atoms with van der Waals surface area (Å²) in [6.45, 7) is 0. The summed E-state index contributed by atoms with van der Waals surface area (Å²) in [6, 6.07) is -1.18. The second-order valence-electron chi connectivity index (χ2n) is 4.06. The van der Waals surface area contributed by atoms with Crippen molar-refractivity contribution in [2.75, 3.05) is 0 Å². The fraction of sp³-hybridized carbons (Fsp3) is 0.778. The lowest BCUT2D eigenvalue weighted by atomic mass is 9.84. The first-order valence-electron chi connectivity index (χ1n) is 5.11. The highest BCUT2D eigenvalue weighted by Gasteiger charge is 2.48. The number of hydrogen-bond acceptors (Lipinski definition) is 2. The van der Waals surface area contributed by atoms with Crippen LogP contribution in [0.3, 0.4) is 0 Å². The van der Waals surface area contributed by atoms with Gasteiger partial charge in [0, 0.05) is 23.6 Å². The first-order valence-corrected chi connectivity index (χ1v) is 5.79. The predicted octanol–water partition coefficient (Wildman–Crippen LogP) is 2.51. The Hall–Kier alpha value is -0.480. The summed E-state index contributed by atoms with van der Waals surface area (Å²) in [5.41, 5.74) is 0. The average molecular weight is 251 g/mol. The van der Waals surface area contributed by atoms with E-state index in [1.54, 1.807) is 0 Å². The van der Waals surface area contributed by atoms with E-state index in [4.69, 9.17) is 23.6 Å². The van der Waals surface area contributed by atoms with Crippen LogP contribution in [0, 0.1) is 5.92 Å². The van der Waals surface area contributed by atoms with Crippen molar-refractivity contribution >= 4 is 35.5 Å². The number of imide groups is 1. The van der Waals surface area contributed by atoms with Crippen LogP contribution in [-0.2, 0) is 4.79 Å². The van der Waals surface area contributed by atoms with Gasteiger partial charge in [0.05, 0.1) is 0 Å². The van der Waals surface area contributed by atoms with E-state index in [1.807, 2.05) is 0 Å². The summed E-state index contributed by atoms with van der Waals surface area (Å²) in [4.78, 5) is 23.0. The highest BCUT2D eigenvalue weighted by molar-refractivity contribution is 6.38. The van der Waals surface area contributed by atoms with Crippen LogP contribution in [0.4, 0.5) is 4.79 Å². The number of urea groups is 1. The Morgan fingerprint density at radius 1 is 1.07 bits per heavy atom. The molecule has 0 bridgehead atoms. The first-order chi connectivity index (χ1) is 7.13. The van der Waals surface area contributed by atoms with Gasteiger partial charge in [0.1, 0.15) is 6.04 Å². The summed E-state index contributed by atoms with van der Waals surface area (Å²) in [6.07, 6.45) is 5.26. The minimum atomic E-state index is -0.626. The van der Waals surface area contributed by atoms with E-state index in [2.05, 4.69) is 0 Å². The quantitative estimate of drug-likeness (QED) is 0.530. The lowest BCUT2D eigenvalue weighted by molar-refractivity contribution is -0.126. The van der Waals surface area contributed by atoms with Crippen LogP contribution >= 0.6 is 23.6 Å². The summed E-state index contributed by atoms with van der Waals surface area (Å²) in [7, 11) is 0. The molecule has 1 saturated carbocycles. The lowest BCUT2D eigenvalue weighted by Gasteiger charge is -2.27. The normalized spacial score (nSPS) is 29.1. The van der Waals surface area contributed by atoms with Crippen LogP contribution in [0.1, 0.15) is 32.1 Å². The third-order valence-corrected chi connectivity index (χ3v) is 3.80. The summed E-state index contributed by atoms with van der Waals surface area (Å²) in [5, 5.41) is 0. The maximum Gasteiger partial charge on any atom is 0.357 e. The van der Waals surface area contributed by atoms with Crippen LogP contribution in [0.2, 0.25) is 0 Å². The average Bonchev–Trinajstić information content (AvgIpc) is 2.45. The molecule has 2 aliphatic rings. The largest absolute Gasteiger partial charge is 0.357 e. The molecule has 0 N–H and O–H groups in total. The number of carbonyl (C=O) groups excluding carboxylic acids is 2. The monoisotopic (exact) mass is 250 g/mol. The van der Waals surface area contributed by atoms with Gasteiger partial charge in [-0.2, -0.15) is 4.42 Å². The zero-order chi connectivity index (χ0) is 11.0. The molecular formula is C9H12Cl2N2O2. The van der Waals surface area contributed by atoms with E-state index >= 15 is 0 Å². The SMILES string of the molecule is O=C1C(C2CCCCC2)N(Cl)C(=O)N1Cl. The van der Waals surface area contributed by atoms with Crippen molar-refractivity contribution in [3.8, 4) is 0 Å². The predicted molar refractivity (Wildman–Crippen MR) is 56.2 cm³/mol. The maximum atomic E-state index is 11.7. The summed E-state index contributed by atoms with van der Waals surface area (Å²) in [5.74, 6) is -0.222. The van der Waals surface area contributed by atoms with Crippen molar-refractivity contribution in [1.29, 1.82) is 0 Å². The molecule has 0 aromatic heterocycles. The van der Waals surface area contributed by atoms with Gasteiger partial charge in [0.25, 0.3) is 5.91 Å². The van der Waals surface area contributed by atoms with Gasteiger partial charge >= 0.3 is 6.03 Å². The van der Waals surface area contributed by atoms with Crippen molar-refractivity contribution in [3.05, 3.63) is 0 Å². The number of rotatable bonds is 1. The van der Waals surface area contributed by atoms with Gasteiger partial charge in [-0.05, 0) is 18.8 Å². The van der Waals surface area contributed by atoms with Crippen LogP contribution in [0.25, 0.3) is 0 Å². The van der Waals surface area contributed by atoms with Crippen molar-refractivity contribution in [1.82, 2.24) is 8.84 Å². The van der Waals surface area contributed by atoms with Crippen LogP contribution in [0.5, 0.6) is 0 Å². The minimum Gasteiger partial charge on any atom is -0.271 e. The molecule has 1 aliphatic carbocycles. The van der Waals surface area contributed by atoms with E-state index < -0.39 is 12.1 Å². The molecule has 84 valence electrons.